The molecule has 0 amide bonds. The molecule has 1 aliphatic rings. The van der Waals surface area contributed by atoms with Crippen molar-refractivity contribution in [1.29, 1.82) is 0 Å². The molecule has 0 aliphatic carbocycles. The zero-order chi connectivity index (χ0) is 12.6. The Balaban J connectivity index is 2.28. The van der Waals surface area contributed by atoms with E-state index in [9.17, 15) is 8.42 Å². The molecule has 2 heterocycles. The molecule has 2 rings (SSSR count). The number of hydrogen-bond donors (Lipinski definition) is 1. The van der Waals surface area contributed by atoms with Gasteiger partial charge in [0.15, 0.2) is 0 Å². The summed E-state index contributed by atoms with van der Waals surface area (Å²) in [5, 5.41) is 0. The molecule has 1 saturated heterocycles. The second-order valence-electron chi connectivity index (χ2n) is 3.93. The molecule has 1 aromatic heterocycles. The van der Waals surface area contributed by atoms with Crippen molar-refractivity contribution >= 4 is 44.6 Å². The van der Waals surface area contributed by atoms with Crippen LogP contribution in [0.5, 0.6) is 0 Å². The molecule has 1 aromatic rings. The van der Waals surface area contributed by atoms with Crippen LogP contribution < -0.4 is 5.73 Å². The molecule has 0 aromatic carbocycles. The van der Waals surface area contributed by atoms with Crippen LogP contribution >= 0.6 is 34.5 Å². The quantitative estimate of drug-likeness (QED) is 0.910. The van der Waals surface area contributed by atoms with E-state index in [1.165, 1.54) is 10.4 Å². The SMILES string of the molecule is NC1CCN(S(=O)(=O)c2cc(Cl)sc2Cl)CC1. The van der Waals surface area contributed by atoms with E-state index in [-0.39, 0.29) is 15.3 Å². The van der Waals surface area contributed by atoms with Gasteiger partial charge in [-0.15, -0.1) is 11.3 Å². The van der Waals surface area contributed by atoms with Crippen molar-refractivity contribution in [2.75, 3.05) is 13.1 Å². The Morgan fingerprint density at radius 3 is 2.41 bits per heavy atom. The maximum atomic E-state index is 12.3. The lowest BCUT2D eigenvalue weighted by molar-refractivity contribution is 0.320. The van der Waals surface area contributed by atoms with Crippen molar-refractivity contribution in [1.82, 2.24) is 4.31 Å². The van der Waals surface area contributed by atoms with E-state index in [1.54, 1.807) is 0 Å². The minimum atomic E-state index is -3.52. The van der Waals surface area contributed by atoms with Gasteiger partial charge in [0.1, 0.15) is 9.23 Å². The normalized spacial score (nSPS) is 19.7. The molecule has 17 heavy (non-hydrogen) atoms. The number of rotatable bonds is 2. The van der Waals surface area contributed by atoms with E-state index < -0.39 is 10.0 Å². The zero-order valence-corrected chi connectivity index (χ0v) is 12.0. The van der Waals surface area contributed by atoms with Gasteiger partial charge in [-0.3, -0.25) is 0 Å². The van der Waals surface area contributed by atoms with E-state index >= 15 is 0 Å². The Morgan fingerprint density at radius 1 is 1.35 bits per heavy atom. The van der Waals surface area contributed by atoms with Crippen LogP contribution in [0.4, 0.5) is 0 Å². The predicted octanol–water partition coefficient (Wildman–Crippen LogP) is 2.17. The summed E-state index contributed by atoms with van der Waals surface area (Å²) in [6, 6.07) is 1.49. The van der Waals surface area contributed by atoms with Crippen LogP contribution in [0.1, 0.15) is 12.8 Å². The highest BCUT2D eigenvalue weighted by molar-refractivity contribution is 7.89. The Bertz CT molecular complexity index is 507. The number of hydrogen-bond acceptors (Lipinski definition) is 4. The summed E-state index contributed by atoms with van der Waals surface area (Å²) in [6.45, 7) is 0.876. The molecular weight excluding hydrogens is 303 g/mol. The fourth-order valence-electron chi connectivity index (χ4n) is 1.76. The summed E-state index contributed by atoms with van der Waals surface area (Å²) >= 11 is 12.7. The first-order chi connectivity index (χ1) is 7.91. The third-order valence-electron chi connectivity index (χ3n) is 2.74. The molecular formula is C9H12Cl2N2O2S2. The van der Waals surface area contributed by atoms with Crippen molar-refractivity contribution in [3.63, 3.8) is 0 Å². The Hall–Kier alpha value is 0.150. The van der Waals surface area contributed by atoms with Crippen LogP contribution in [0.25, 0.3) is 0 Å². The number of piperidine rings is 1. The fraction of sp³-hybridized carbons (Fsp3) is 0.556. The highest BCUT2D eigenvalue weighted by Crippen LogP contribution is 2.36. The second-order valence-corrected chi connectivity index (χ2v) is 8.12. The van der Waals surface area contributed by atoms with Crippen molar-refractivity contribution in [2.45, 2.75) is 23.8 Å². The van der Waals surface area contributed by atoms with Crippen molar-refractivity contribution < 1.29 is 8.42 Å². The predicted molar refractivity (Wildman–Crippen MR) is 70.3 cm³/mol. The molecule has 8 heteroatoms. The van der Waals surface area contributed by atoms with Gasteiger partial charge in [0.2, 0.25) is 10.0 Å². The van der Waals surface area contributed by atoms with E-state index in [0.29, 0.717) is 30.3 Å². The highest BCUT2D eigenvalue weighted by atomic mass is 35.5. The molecule has 0 radical (unpaired) electrons. The lowest BCUT2D eigenvalue weighted by Gasteiger charge is -2.29. The van der Waals surface area contributed by atoms with E-state index in [4.69, 9.17) is 28.9 Å². The molecule has 0 unspecified atom stereocenters. The maximum Gasteiger partial charge on any atom is 0.245 e. The Labute approximate surface area is 114 Å². The average Bonchev–Trinajstić information content (AvgIpc) is 2.59. The molecule has 0 saturated carbocycles. The van der Waals surface area contributed by atoms with Crippen molar-refractivity contribution in [3.8, 4) is 0 Å². The van der Waals surface area contributed by atoms with Crippen LogP contribution in [-0.2, 0) is 10.0 Å². The molecule has 1 fully saturated rings. The minimum Gasteiger partial charge on any atom is -0.328 e. The van der Waals surface area contributed by atoms with Gasteiger partial charge < -0.3 is 5.73 Å². The number of halogens is 2. The van der Waals surface area contributed by atoms with Gasteiger partial charge in [0, 0.05) is 19.1 Å². The van der Waals surface area contributed by atoms with Gasteiger partial charge in [-0.2, -0.15) is 4.31 Å². The number of nitrogens with zero attached hydrogens (tertiary/aromatic N) is 1. The molecule has 2 N–H and O–H groups in total. The van der Waals surface area contributed by atoms with Gasteiger partial charge >= 0.3 is 0 Å². The van der Waals surface area contributed by atoms with Crippen LogP contribution in [0.15, 0.2) is 11.0 Å². The molecule has 0 atom stereocenters. The van der Waals surface area contributed by atoms with Crippen molar-refractivity contribution in [2.24, 2.45) is 5.73 Å². The van der Waals surface area contributed by atoms with Gasteiger partial charge in [-0.1, -0.05) is 23.2 Å². The van der Waals surface area contributed by atoms with Crippen LogP contribution in [0, 0.1) is 0 Å². The fourth-order valence-corrected chi connectivity index (χ4v) is 5.34. The number of thiophene rings is 1. The van der Waals surface area contributed by atoms with Gasteiger partial charge in [-0.25, -0.2) is 8.42 Å². The summed E-state index contributed by atoms with van der Waals surface area (Å²) in [5.41, 5.74) is 5.75. The molecule has 4 nitrogen and oxygen atoms in total. The molecule has 0 spiro atoms. The van der Waals surface area contributed by atoms with Crippen LogP contribution in [0.2, 0.25) is 8.67 Å². The number of nitrogens with two attached hydrogens (primary N) is 1. The standard InChI is InChI=1S/C9H12Cl2N2O2S2/c10-8-5-7(9(11)16-8)17(14,15)13-3-1-6(12)2-4-13/h5-6H,1-4,12H2. The van der Waals surface area contributed by atoms with E-state index in [2.05, 4.69) is 0 Å². The van der Waals surface area contributed by atoms with Gasteiger partial charge in [0.05, 0.1) is 4.34 Å². The second kappa shape index (κ2) is 5.03. The van der Waals surface area contributed by atoms with Gasteiger partial charge in [0.25, 0.3) is 0 Å². The maximum absolute atomic E-state index is 12.3. The smallest absolute Gasteiger partial charge is 0.245 e. The first kappa shape index (κ1) is 13.6. The summed E-state index contributed by atoms with van der Waals surface area (Å²) in [5.74, 6) is 0. The largest absolute Gasteiger partial charge is 0.328 e. The lowest BCUT2D eigenvalue weighted by atomic mass is 10.1. The zero-order valence-electron chi connectivity index (χ0n) is 8.90. The average molecular weight is 315 g/mol. The summed E-state index contributed by atoms with van der Waals surface area (Å²) < 4.78 is 26.6. The van der Waals surface area contributed by atoms with Gasteiger partial charge in [-0.05, 0) is 18.9 Å². The topological polar surface area (TPSA) is 63.4 Å². The summed E-state index contributed by atoms with van der Waals surface area (Å²) in [6.07, 6.45) is 1.35. The minimum absolute atomic E-state index is 0.0861. The third-order valence-corrected chi connectivity index (χ3v) is 6.39. The summed E-state index contributed by atoms with van der Waals surface area (Å²) in [4.78, 5) is 0.102. The number of sulfonamides is 1. The van der Waals surface area contributed by atoms with Crippen molar-refractivity contribution in [3.05, 3.63) is 14.7 Å². The Kier molecular flexibility index (Phi) is 4.02. The lowest BCUT2D eigenvalue weighted by Crippen LogP contribution is -2.42. The molecule has 1 aliphatic heterocycles. The molecule has 0 bridgehead atoms. The first-order valence-electron chi connectivity index (χ1n) is 5.12. The van der Waals surface area contributed by atoms with Crippen LogP contribution in [0.3, 0.4) is 0 Å². The third kappa shape index (κ3) is 2.77. The Morgan fingerprint density at radius 2 is 1.94 bits per heavy atom. The van der Waals surface area contributed by atoms with Crippen LogP contribution in [-0.4, -0.2) is 31.9 Å². The monoisotopic (exact) mass is 314 g/mol. The summed E-state index contributed by atoms with van der Waals surface area (Å²) in [7, 11) is -3.52. The highest BCUT2D eigenvalue weighted by Gasteiger charge is 2.31. The first-order valence-corrected chi connectivity index (χ1v) is 8.13. The molecule has 96 valence electrons. The van der Waals surface area contributed by atoms with E-state index in [0.717, 1.165) is 11.3 Å². The van der Waals surface area contributed by atoms with E-state index in [1.807, 2.05) is 0 Å².